The lowest BCUT2D eigenvalue weighted by Crippen LogP contribution is -2.16. The first-order chi connectivity index (χ1) is 10.8. The molecule has 0 bridgehead atoms. The minimum Gasteiger partial charge on any atom is -0.397 e. The van der Waals surface area contributed by atoms with Crippen LogP contribution in [0.5, 0.6) is 0 Å². The van der Waals surface area contributed by atoms with Crippen molar-refractivity contribution in [1.29, 1.82) is 0 Å². The van der Waals surface area contributed by atoms with Crippen molar-refractivity contribution in [3.63, 3.8) is 0 Å². The van der Waals surface area contributed by atoms with Gasteiger partial charge in [-0.2, -0.15) is 0 Å². The lowest BCUT2D eigenvalue weighted by molar-refractivity contribution is 0.100. The molecule has 1 aromatic carbocycles. The number of nitrogen functional groups attached to an aromatic ring is 1. The highest BCUT2D eigenvalue weighted by Crippen LogP contribution is 2.26. The molecule has 2 heterocycles. The number of primary amides is 1. The number of aromatic nitrogens is 2. The molecule has 0 unspecified atom stereocenters. The van der Waals surface area contributed by atoms with E-state index in [1.165, 1.54) is 30.6 Å². The van der Waals surface area contributed by atoms with Crippen LogP contribution < -0.4 is 11.5 Å². The van der Waals surface area contributed by atoms with Crippen LogP contribution in [-0.2, 0) is 10.0 Å². The van der Waals surface area contributed by atoms with E-state index in [0.29, 0.717) is 5.39 Å². The van der Waals surface area contributed by atoms with Gasteiger partial charge in [0.2, 0.25) is 0 Å². The first-order valence-corrected chi connectivity index (χ1v) is 8.14. The van der Waals surface area contributed by atoms with Crippen molar-refractivity contribution in [2.75, 3.05) is 5.73 Å². The van der Waals surface area contributed by atoms with Crippen molar-refractivity contribution >= 4 is 32.7 Å². The van der Waals surface area contributed by atoms with E-state index in [2.05, 4.69) is 4.98 Å². The van der Waals surface area contributed by atoms with E-state index in [0.717, 1.165) is 9.54 Å². The number of carbonyl (C=O) groups excluding carboxylic acids is 1. The zero-order valence-electron chi connectivity index (χ0n) is 12.2. The highest BCUT2D eigenvalue weighted by atomic mass is 32.2. The van der Waals surface area contributed by atoms with Gasteiger partial charge in [0, 0.05) is 11.6 Å². The van der Waals surface area contributed by atoms with E-state index in [-0.39, 0.29) is 21.8 Å². The zero-order chi connectivity index (χ0) is 16.8. The minimum atomic E-state index is -3.83. The molecule has 0 radical (unpaired) electrons. The molecule has 0 aliphatic heterocycles. The lowest BCUT2D eigenvalue weighted by atomic mass is 10.1. The second kappa shape index (κ2) is 5.10. The average molecular weight is 330 g/mol. The SMILES string of the molecule is Cc1ccc(S(=O)(=O)n2ccc3c(C(N)=O)c(N)cnc32)cc1. The second-order valence-electron chi connectivity index (χ2n) is 5.12. The molecule has 0 spiro atoms. The third-order valence-electron chi connectivity index (χ3n) is 3.53. The standard InChI is InChI=1S/C15H14N4O3S/c1-9-2-4-10(5-3-9)23(21,22)19-7-6-11-13(14(17)20)12(16)8-18-15(11)19/h2-8H,16H2,1H3,(H2,17,20). The largest absolute Gasteiger partial charge is 0.397 e. The summed E-state index contributed by atoms with van der Waals surface area (Å²) in [6.45, 7) is 1.87. The third kappa shape index (κ3) is 2.33. The number of nitrogens with two attached hydrogens (primary N) is 2. The van der Waals surface area contributed by atoms with Crippen molar-refractivity contribution < 1.29 is 13.2 Å². The van der Waals surface area contributed by atoms with Crippen molar-refractivity contribution in [1.82, 2.24) is 8.96 Å². The molecule has 7 nitrogen and oxygen atoms in total. The van der Waals surface area contributed by atoms with Crippen molar-refractivity contribution in [3.05, 3.63) is 53.9 Å². The third-order valence-corrected chi connectivity index (χ3v) is 5.21. The van der Waals surface area contributed by atoms with Gasteiger partial charge in [-0.3, -0.25) is 4.79 Å². The molecule has 0 aliphatic carbocycles. The quantitative estimate of drug-likeness (QED) is 0.749. The van der Waals surface area contributed by atoms with Gasteiger partial charge in [0.1, 0.15) is 0 Å². The summed E-state index contributed by atoms with van der Waals surface area (Å²) in [6.07, 6.45) is 2.56. The Morgan fingerprint density at radius 3 is 2.43 bits per heavy atom. The molecule has 8 heteroatoms. The highest BCUT2D eigenvalue weighted by molar-refractivity contribution is 7.90. The molecule has 1 amide bonds. The zero-order valence-corrected chi connectivity index (χ0v) is 13.0. The Morgan fingerprint density at radius 2 is 1.83 bits per heavy atom. The van der Waals surface area contributed by atoms with Crippen LogP contribution in [0, 0.1) is 6.92 Å². The van der Waals surface area contributed by atoms with E-state index in [1.807, 2.05) is 6.92 Å². The van der Waals surface area contributed by atoms with Gasteiger partial charge in [0.05, 0.1) is 22.3 Å². The number of nitrogens with zero attached hydrogens (tertiary/aromatic N) is 2. The van der Waals surface area contributed by atoms with Crippen molar-refractivity contribution in [2.45, 2.75) is 11.8 Å². The van der Waals surface area contributed by atoms with Crippen LogP contribution >= 0.6 is 0 Å². The maximum Gasteiger partial charge on any atom is 0.269 e. The number of carbonyl (C=O) groups is 1. The molecule has 23 heavy (non-hydrogen) atoms. The Balaban J connectivity index is 2.27. The Hall–Kier alpha value is -2.87. The number of pyridine rings is 1. The fourth-order valence-electron chi connectivity index (χ4n) is 2.37. The van der Waals surface area contributed by atoms with Gasteiger partial charge in [0.15, 0.2) is 5.65 Å². The molecule has 118 valence electrons. The molecule has 0 atom stereocenters. The second-order valence-corrected chi connectivity index (χ2v) is 6.93. The van der Waals surface area contributed by atoms with Crippen LogP contribution in [0.15, 0.2) is 47.6 Å². The number of aryl methyl sites for hydroxylation is 1. The summed E-state index contributed by atoms with van der Waals surface area (Å²) >= 11 is 0. The fraction of sp³-hybridized carbons (Fsp3) is 0.0667. The summed E-state index contributed by atoms with van der Waals surface area (Å²) in [5, 5.41) is 0.299. The molecule has 3 rings (SSSR count). The Morgan fingerprint density at radius 1 is 1.17 bits per heavy atom. The minimum absolute atomic E-state index is 0.0628. The predicted octanol–water partition coefficient (Wildman–Crippen LogP) is 1.26. The summed E-state index contributed by atoms with van der Waals surface area (Å²) in [7, 11) is -3.83. The molecule has 0 fully saturated rings. The summed E-state index contributed by atoms with van der Waals surface area (Å²) in [5.41, 5.74) is 12.3. The van der Waals surface area contributed by atoms with Crippen LogP contribution in [0.3, 0.4) is 0 Å². The van der Waals surface area contributed by atoms with Gasteiger partial charge in [-0.15, -0.1) is 0 Å². The molecular weight excluding hydrogens is 316 g/mol. The number of amides is 1. The maximum atomic E-state index is 12.8. The maximum absolute atomic E-state index is 12.8. The molecule has 3 aromatic rings. The average Bonchev–Trinajstić information content (AvgIpc) is 2.91. The first-order valence-electron chi connectivity index (χ1n) is 6.70. The summed E-state index contributed by atoms with van der Waals surface area (Å²) < 4.78 is 26.5. The smallest absolute Gasteiger partial charge is 0.269 e. The van der Waals surface area contributed by atoms with Gasteiger partial charge in [-0.1, -0.05) is 17.7 Å². The molecule has 0 aliphatic rings. The van der Waals surface area contributed by atoms with Crippen LogP contribution in [0.4, 0.5) is 5.69 Å². The van der Waals surface area contributed by atoms with E-state index < -0.39 is 15.9 Å². The number of hydrogen-bond acceptors (Lipinski definition) is 5. The lowest BCUT2D eigenvalue weighted by Gasteiger charge is -2.08. The van der Waals surface area contributed by atoms with Gasteiger partial charge in [0.25, 0.3) is 15.9 Å². The number of rotatable bonds is 3. The normalized spacial score (nSPS) is 11.7. The Labute approximate surface area is 132 Å². The summed E-state index contributed by atoms with van der Waals surface area (Å²) in [6, 6.07) is 7.91. The summed E-state index contributed by atoms with van der Waals surface area (Å²) in [4.78, 5) is 15.7. The van der Waals surface area contributed by atoms with Crippen LogP contribution in [-0.4, -0.2) is 23.3 Å². The fourth-order valence-corrected chi connectivity index (χ4v) is 3.67. The van der Waals surface area contributed by atoms with E-state index >= 15 is 0 Å². The van der Waals surface area contributed by atoms with Crippen LogP contribution in [0.2, 0.25) is 0 Å². The number of benzene rings is 1. The topological polar surface area (TPSA) is 121 Å². The van der Waals surface area contributed by atoms with Gasteiger partial charge >= 0.3 is 0 Å². The molecular formula is C15H14N4O3S. The molecule has 4 N–H and O–H groups in total. The first kappa shape index (κ1) is 15.0. The summed E-state index contributed by atoms with van der Waals surface area (Å²) in [5.74, 6) is -0.736. The van der Waals surface area contributed by atoms with E-state index in [1.54, 1.807) is 12.1 Å². The Kier molecular flexibility index (Phi) is 3.33. The molecule has 0 saturated heterocycles. The van der Waals surface area contributed by atoms with Crippen molar-refractivity contribution in [2.24, 2.45) is 5.73 Å². The number of hydrogen-bond donors (Lipinski definition) is 2. The van der Waals surface area contributed by atoms with Crippen LogP contribution in [0.25, 0.3) is 11.0 Å². The van der Waals surface area contributed by atoms with Gasteiger partial charge in [-0.05, 0) is 25.1 Å². The monoisotopic (exact) mass is 330 g/mol. The van der Waals surface area contributed by atoms with Crippen molar-refractivity contribution in [3.8, 4) is 0 Å². The van der Waals surface area contributed by atoms with Gasteiger partial charge < -0.3 is 11.5 Å². The number of anilines is 1. The predicted molar refractivity (Wildman–Crippen MR) is 86.4 cm³/mol. The number of fused-ring (bicyclic) bond motifs is 1. The molecule has 0 saturated carbocycles. The van der Waals surface area contributed by atoms with Gasteiger partial charge in [-0.25, -0.2) is 17.4 Å². The molecule has 2 aromatic heterocycles. The Bertz CT molecular complexity index is 1020. The van der Waals surface area contributed by atoms with E-state index in [4.69, 9.17) is 11.5 Å². The van der Waals surface area contributed by atoms with E-state index in [9.17, 15) is 13.2 Å². The van der Waals surface area contributed by atoms with Crippen LogP contribution in [0.1, 0.15) is 15.9 Å². The highest BCUT2D eigenvalue weighted by Gasteiger charge is 2.22.